The molecular weight excluding hydrogens is 856 g/mol. The van der Waals surface area contributed by atoms with Gasteiger partial charge in [0, 0.05) is 69.2 Å². The van der Waals surface area contributed by atoms with Crippen LogP contribution in [0.4, 0.5) is 0 Å². The van der Waals surface area contributed by atoms with Gasteiger partial charge < -0.3 is 71.1 Å². The molecule has 0 aliphatic carbocycles. The average Bonchev–Trinajstić information content (AvgIpc) is 3.12. The summed E-state index contributed by atoms with van der Waals surface area (Å²) >= 11 is 0. The van der Waals surface area contributed by atoms with E-state index in [0.717, 1.165) is 69.2 Å². The highest BCUT2D eigenvalue weighted by atomic mass is 16.8. The van der Waals surface area contributed by atoms with E-state index in [9.17, 15) is 47.9 Å². The molecule has 3 rings (SSSR count). The lowest BCUT2D eigenvalue weighted by Gasteiger charge is -2.50. The van der Waals surface area contributed by atoms with E-state index >= 15 is 0 Å². The zero-order chi connectivity index (χ0) is 47.5. The van der Waals surface area contributed by atoms with Crippen molar-refractivity contribution in [2.45, 2.75) is 168 Å². The van der Waals surface area contributed by atoms with Gasteiger partial charge in [-0.1, -0.05) is 0 Å². The van der Waals surface area contributed by atoms with E-state index in [1.165, 1.54) is 6.92 Å². The third-order valence-corrected chi connectivity index (χ3v) is 8.79. The second kappa shape index (κ2) is 23.3. The Morgan fingerprint density at radius 3 is 1.03 bits per heavy atom. The average molecular weight is 909 g/mol. The van der Waals surface area contributed by atoms with Crippen molar-refractivity contribution in [2.24, 2.45) is 0 Å². The van der Waals surface area contributed by atoms with E-state index in [-0.39, 0.29) is 0 Å². The first-order valence-corrected chi connectivity index (χ1v) is 19.3. The van der Waals surface area contributed by atoms with E-state index < -0.39 is 165 Å². The van der Waals surface area contributed by atoms with Crippen molar-refractivity contribution in [3.8, 4) is 0 Å². The number of rotatable bonds is 16. The Balaban J connectivity index is 2.35. The standard InChI is InChI=1S/C38H52O25/c1-14-27(52-17(4)41)30(54-19(6)43)33(56-21(8)45)36(51-14)63-32-29(26(13-50-16(3)40)60-37(59-24(11)48)35(32)58-23(10)47)62-38-34(57-22(9)46)31(55-20(7)44)28(53-18(5)42)25(61-38)12-49-15(2)39/h14,25-38H,12-13H2,1-11H3/t14-,25+,26+,27+,28-,29+,30+,31-,32-,33-,34+,35+,36-,37-,38+/m0/s1. The summed E-state index contributed by atoms with van der Waals surface area (Å²) in [7, 11) is 0. The van der Waals surface area contributed by atoms with E-state index in [1.54, 1.807) is 0 Å². The molecule has 0 aromatic rings. The van der Waals surface area contributed by atoms with Gasteiger partial charge in [-0.2, -0.15) is 0 Å². The van der Waals surface area contributed by atoms with Gasteiger partial charge in [0.25, 0.3) is 0 Å². The molecule has 3 saturated heterocycles. The van der Waals surface area contributed by atoms with Crippen LogP contribution in [0, 0.1) is 0 Å². The molecule has 3 aliphatic rings. The molecule has 0 spiro atoms. The molecule has 25 heteroatoms. The van der Waals surface area contributed by atoms with Crippen molar-refractivity contribution in [3.05, 3.63) is 0 Å². The summed E-state index contributed by atoms with van der Waals surface area (Å²) in [6, 6.07) is 0. The zero-order valence-corrected chi connectivity index (χ0v) is 36.3. The molecule has 15 atom stereocenters. The Morgan fingerprint density at radius 1 is 0.317 bits per heavy atom. The summed E-state index contributed by atoms with van der Waals surface area (Å²) in [5.74, 6) is -9.38. The van der Waals surface area contributed by atoms with E-state index in [0.29, 0.717) is 0 Å². The Kier molecular flexibility index (Phi) is 19.1. The summed E-state index contributed by atoms with van der Waals surface area (Å²) in [6.07, 6.45) is -26.0. The minimum atomic E-state index is -1.99. The van der Waals surface area contributed by atoms with E-state index in [4.69, 9.17) is 71.1 Å². The van der Waals surface area contributed by atoms with Crippen molar-refractivity contribution in [1.29, 1.82) is 0 Å². The fourth-order valence-corrected chi connectivity index (χ4v) is 6.79. The van der Waals surface area contributed by atoms with Crippen molar-refractivity contribution >= 4 is 59.7 Å². The molecule has 0 aromatic heterocycles. The first-order chi connectivity index (χ1) is 29.4. The predicted molar refractivity (Wildman–Crippen MR) is 195 cm³/mol. The first-order valence-electron chi connectivity index (χ1n) is 19.3. The van der Waals surface area contributed by atoms with Gasteiger partial charge in [-0.3, -0.25) is 47.9 Å². The minimum Gasteiger partial charge on any atom is -0.463 e. The van der Waals surface area contributed by atoms with Gasteiger partial charge in [-0.25, -0.2) is 0 Å². The number of hydrogen-bond acceptors (Lipinski definition) is 25. The summed E-state index contributed by atoms with van der Waals surface area (Å²) in [5.41, 5.74) is 0. The largest absolute Gasteiger partial charge is 0.463 e. The molecule has 3 aliphatic heterocycles. The first kappa shape index (κ1) is 51.8. The highest BCUT2D eigenvalue weighted by Gasteiger charge is 2.60. The molecule has 354 valence electrons. The summed E-state index contributed by atoms with van der Waals surface area (Å²) in [4.78, 5) is 124. The van der Waals surface area contributed by atoms with Crippen LogP contribution in [0.1, 0.15) is 76.2 Å². The number of hydrogen-bond donors (Lipinski definition) is 0. The zero-order valence-electron chi connectivity index (χ0n) is 36.3. The molecule has 0 saturated carbocycles. The fraction of sp³-hybridized carbons (Fsp3) is 0.737. The maximum absolute atomic E-state index is 12.8. The van der Waals surface area contributed by atoms with Gasteiger partial charge in [-0.15, -0.1) is 0 Å². The molecular formula is C38H52O25. The lowest BCUT2D eigenvalue weighted by atomic mass is 9.95. The third kappa shape index (κ3) is 15.4. The molecule has 0 bridgehead atoms. The molecule has 3 fully saturated rings. The van der Waals surface area contributed by atoms with Crippen molar-refractivity contribution in [1.82, 2.24) is 0 Å². The normalized spacial score (nSPS) is 32.6. The lowest BCUT2D eigenvalue weighted by Crippen LogP contribution is -2.69. The van der Waals surface area contributed by atoms with Crippen LogP contribution in [0.5, 0.6) is 0 Å². The maximum Gasteiger partial charge on any atom is 0.305 e. The van der Waals surface area contributed by atoms with E-state index in [2.05, 4.69) is 0 Å². The number of carbonyl (C=O) groups excluding carboxylic acids is 10. The van der Waals surface area contributed by atoms with Crippen LogP contribution in [0.25, 0.3) is 0 Å². The van der Waals surface area contributed by atoms with Crippen LogP contribution in [0.3, 0.4) is 0 Å². The summed E-state index contributed by atoms with van der Waals surface area (Å²) in [6.45, 7) is 9.98. The van der Waals surface area contributed by atoms with Gasteiger partial charge in [-0.05, 0) is 6.92 Å². The Bertz CT molecular complexity index is 1710. The predicted octanol–water partition coefficient (Wildman–Crippen LogP) is -0.837. The second-order valence-electron chi connectivity index (χ2n) is 14.2. The summed E-state index contributed by atoms with van der Waals surface area (Å²) in [5, 5.41) is 0. The molecule has 0 N–H and O–H groups in total. The number of esters is 10. The summed E-state index contributed by atoms with van der Waals surface area (Å²) < 4.78 is 85.4. The Morgan fingerprint density at radius 2 is 0.619 bits per heavy atom. The molecule has 25 nitrogen and oxygen atoms in total. The lowest BCUT2D eigenvalue weighted by molar-refractivity contribution is -0.383. The SMILES string of the molecule is CC(=O)OC[C@H]1O[C@H](O[C@H]2[C@H](O[C@@H]3O[C@@H](C)[C@@H](OC(C)=O)[C@@H](OC(C)=O)[C@@H]3OC(C)=O)[C@@H](OC(C)=O)[C@@H](OC(C)=O)O[C@@H]2COC(C)=O)[C@H](OC(C)=O)[C@@H](OC(C)=O)[C@H]1OC(C)=O. The molecule has 63 heavy (non-hydrogen) atoms. The molecule has 0 amide bonds. The monoisotopic (exact) mass is 908 g/mol. The van der Waals surface area contributed by atoms with Crippen LogP contribution < -0.4 is 0 Å². The highest BCUT2D eigenvalue weighted by molar-refractivity contribution is 5.70. The van der Waals surface area contributed by atoms with Crippen LogP contribution in [-0.4, -0.2) is 165 Å². The van der Waals surface area contributed by atoms with Crippen molar-refractivity contribution < 1.29 is 119 Å². The van der Waals surface area contributed by atoms with Crippen LogP contribution in [0.2, 0.25) is 0 Å². The van der Waals surface area contributed by atoms with Crippen molar-refractivity contribution in [2.75, 3.05) is 13.2 Å². The van der Waals surface area contributed by atoms with Gasteiger partial charge in [0.1, 0.15) is 37.6 Å². The molecule has 0 unspecified atom stereocenters. The second-order valence-corrected chi connectivity index (χ2v) is 14.2. The fourth-order valence-electron chi connectivity index (χ4n) is 6.79. The Hall–Kier alpha value is -5.50. The topological polar surface area (TPSA) is 309 Å². The Labute approximate surface area is 360 Å². The molecule has 0 radical (unpaired) electrons. The molecule has 0 aromatic carbocycles. The van der Waals surface area contributed by atoms with E-state index in [1.807, 2.05) is 0 Å². The van der Waals surface area contributed by atoms with Crippen molar-refractivity contribution in [3.63, 3.8) is 0 Å². The minimum absolute atomic E-state index is 0.681. The third-order valence-electron chi connectivity index (χ3n) is 8.79. The smallest absolute Gasteiger partial charge is 0.305 e. The van der Waals surface area contributed by atoms with Gasteiger partial charge in [0.05, 0.1) is 6.10 Å². The van der Waals surface area contributed by atoms with Crippen LogP contribution in [0.15, 0.2) is 0 Å². The van der Waals surface area contributed by atoms with Gasteiger partial charge in [0.2, 0.25) is 6.29 Å². The van der Waals surface area contributed by atoms with Gasteiger partial charge >= 0.3 is 59.7 Å². The maximum atomic E-state index is 12.8. The molecule has 3 heterocycles. The highest BCUT2D eigenvalue weighted by Crippen LogP contribution is 2.38. The quantitative estimate of drug-likeness (QED) is 0.135. The van der Waals surface area contributed by atoms with Gasteiger partial charge in [0.15, 0.2) is 55.3 Å². The van der Waals surface area contributed by atoms with Crippen LogP contribution in [-0.2, 0) is 119 Å². The number of carbonyl (C=O) groups is 10. The van der Waals surface area contributed by atoms with Crippen LogP contribution >= 0.6 is 0 Å². The number of ether oxygens (including phenoxy) is 15.